The van der Waals surface area contributed by atoms with Gasteiger partial charge >= 0.3 is 5.97 Å². The molecular weight excluding hydrogens is 292 g/mol. The zero-order chi connectivity index (χ0) is 15.6. The van der Waals surface area contributed by atoms with Crippen LogP contribution in [0, 0.1) is 12.3 Å². The van der Waals surface area contributed by atoms with Gasteiger partial charge in [0.25, 0.3) is 0 Å². The van der Waals surface area contributed by atoms with Crippen molar-refractivity contribution >= 4 is 17.6 Å². The second kappa shape index (κ2) is 5.81. The first-order valence-corrected chi connectivity index (χ1v) is 7.01. The highest BCUT2D eigenvalue weighted by atomic mass is 35.5. The lowest BCUT2D eigenvalue weighted by Crippen LogP contribution is -2.32. The minimum atomic E-state index is -0.911. The van der Waals surface area contributed by atoms with Crippen LogP contribution in [0.3, 0.4) is 0 Å². The average Bonchev–Trinajstić information content (AvgIpc) is 2.89. The zero-order valence-electron chi connectivity index (χ0n) is 12.2. The van der Waals surface area contributed by atoms with Crippen LogP contribution in [0.1, 0.15) is 25.8 Å². The van der Waals surface area contributed by atoms with Gasteiger partial charge in [0.1, 0.15) is 0 Å². The van der Waals surface area contributed by atoms with Gasteiger partial charge in [0, 0.05) is 10.6 Å². The van der Waals surface area contributed by atoms with E-state index in [0.717, 1.165) is 11.1 Å². The lowest BCUT2D eigenvalue weighted by atomic mass is 9.88. The molecule has 1 atom stereocenters. The molecule has 0 aliphatic rings. The predicted octanol–water partition coefficient (Wildman–Crippen LogP) is 2.80. The summed E-state index contributed by atoms with van der Waals surface area (Å²) in [6, 6.07) is 5.48. The van der Waals surface area contributed by atoms with Crippen LogP contribution in [0.15, 0.2) is 18.2 Å². The van der Waals surface area contributed by atoms with Crippen LogP contribution in [0.5, 0.6) is 0 Å². The summed E-state index contributed by atoms with van der Waals surface area (Å²) in [6.45, 7) is 5.63. The van der Waals surface area contributed by atoms with Gasteiger partial charge in [-0.05, 0) is 54.5 Å². The van der Waals surface area contributed by atoms with Crippen molar-refractivity contribution in [3.63, 3.8) is 0 Å². The number of aliphatic carboxylic acids is 1. The Balaban J connectivity index is 2.39. The van der Waals surface area contributed by atoms with E-state index in [9.17, 15) is 9.90 Å². The largest absolute Gasteiger partial charge is 0.481 e. The highest BCUT2D eigenvalue weighted by molar-refractivity contribution is 6.31. The molecule has 0 fully saturated rings. The summed E-state index contributed by atoms with van der Waals surface area (Å²) < 4.78 is 1.53. The first-order valence-electron chi connectivity index (χ1n) is 6.63. The normalized spacial score (nSPS) is 13.9. The highest BCUT2D eigenvalue weighted by Crippen LogP contribution is 2.27. The lowest BCUT2D eigenvalue weighted by Gasteiger charge is -2.22. The van der Waals surface area contributed by atoms with E-state index in [4.69, 9.17) is 11.6 Å². The summed E-state index contributed by atoms with van der Waals surface area (Å²) in [6.07, 6.45) is 0.487. The van der Waals surface area contributed by atoms with Gasteiger partial charge < -0.3 is 5.11 Å². The monoisotopic (exact) mass is 308 g/mol. The third-order valence-corrected chi connectivity index (χ3v) is 4.17. The van der Waals surface area contributed by atoms with Crippen LogP contribution in [0.25, 0.3) is 11.4 Å². The fourth-order valence-electron chi connectivity index (χ4n) is 1.96. The molecule has 1 N–H and O–H groups in total. The molecule has 1 aromatic heterocycles. The van der Waals surface area contributed by atoms with E-state index < -0.39 is 11.4 Å². The SMILES string of the molecule is CCC(C)(Cn1nnnc1-c1ccc(Cl)c(C)c1)C(=O)O. The van der Waals surface area contributed by atoms with Crippen molar-refractivity contribution in [2.24, 2.45) is 5.41 Å². The molecule has 0 saturated carbocycles. The van der Waals surface area contributed by atoms with Crippen molar-refractivity contribution in [2.45, 2.75) is 33.7 Å². The second-order valence-electron chi connectivity index (χ2n) is 5.34. The maximum Gasteiger partial charge on any atom is 0.311 e. The summed E-state index contributed by atoms with van der Waals surface area (Å²) >= 11 is 6.02. The van der Waals surface area contributed by atoms with E-state index >= 15 is 0 Å². The van der Waals surface area contributed by atoms with Crippen molar-refractivity contribution in [3.05, 3.63) is 28.8 Å². The number of halogens is 1. The average molecular weight is 309 g/mol. The van der Waals surface area contributed by atoms with Gasteiger partial charge in [-0.25, -0.2) is 4.68 Å². The number of tetrazole rings is 1. The van der Waals surface area contributed by atoms with E-state index in [1.54, 1.807) is 13.0 Å². The number of hydrogen-bond donors (Lipinski definition) is 1. The van der Waals surface area contributed by atoms with Gasteiger partial charge in [0.2, 0.25) is 0 Å². The molecule has 2 aromatic rings. The van der Waals surface area contributed by atoms with Gasteiger partial charge in [-0.15, -0.1) is 5.10 Å². The van der Waals surface area contributed by atoms with Gasteiger partial charge in [0.05, 0.1) is 12.0 Å². The summed E-state index contributed by atoms with van der Waals surface area (Å²) in [5.74, 6) is -0.325. The molecule has 1 heterocycles. The molecule has 1 aromatic carbocycles. The summed E-state index contributed by atoms with van der Waals surface area (Å²) in [5.41, 5.74) is 0.817. The van der Waals surface area contributed by atoms with Crippen molar-refractivity contribution in [1.82, 2.24) is 20.2 Å². The third kappa shape index (κ3) is 3.05. The smallest absolute Gasteiger partial charge is 0.311 e. The number of carboxylic acids is 1. The quantitative estimate of drug-likeness (QED) is 0.918. The maximum atomic E-state index is 11.4. The van der Waals surface area contributed by atoms with E-state index in [1.807, 2.05) is 26.0 Å². The molecule has 1 unspecified atom stereocenters. The summed E-state index contributed by atoms with van der Waals surface area (Å²) in [5, 5.41) is 21.6. The predicted molar refractivity (Wildman–Crippen MR) is 79.0 cm³/mol. The van der Waals surface area contributed by atoms with Crippen LogP contribution in [0.4, 0.5) is 0 Å². The van der Waals surface area contributed by atoms with Gasteiger partial charge in [-0.1, -0.05) is 18.5 Å². The number of rotatable bonds is 5. The van der Waals surface area contributed by atoms with Crippen LogP contribution in [0.2, 0.25) is 5.02 Å². The first-order chi connectivity index (χ1) is 9.87. The Morgan fingerprint density at radius 3 is 2.76 bits per heavy atom. The summed E-state index contributed by atoms with van der Waals surface area (Å²) in [7, 11) is 0. The van der Waals surface area contributed by atoms with E-state index in [0.29, 0.717) is 17.3 Å². The van der Waals surface area contributed by atoms with Crippen LogP contribution in [-0.4, -0.2) is 31.3 Å². The zero-order valence-corrected chi connectivity index (χ0v) is 12.9. The number of aryl methyl sites for hydroxylation is 1. The number of nitrogens with zero attached hydrogens (tertiary/aromatic N) is 4. The molecule has 112 valence electrons. The molecule has 6 nitrogen and oxygen atoms in total. The van der Waals surface area contributed by atoms with E-state index in [2.05, 4.69) is 15.5 Å². The Morgan fingerprint density at radius 2 is 2.19 bits per heavy atom. The number of hydrogen-bond acceptors (Lipinski definition) is 4. The van der Waals surface area contributed by atoms with Crippen molar-refractivity contribution in [1.29, 1.82) is 0 Å². The highest BCUT2D eigenvalue weighted by Gasteiger charge is 2.33. The molecule has 2 rings (SSSR count). The molecule has 0 spiro atoms. The molecule has 0 radical (unpaired) electrons. The first kappa shape index (κ1) is 15.4. The molecule has 21 heavy (non-hydrogen) atoms. The molecule has 0 bridgehead atoms. The molecule has 7 heteroatoms. The Hall–Kier alpha value is -1.95. The number of aromatic nitrogens is 4. The van der Waals surface area contributed by atoms with Gasteiger partial charge in [-0.2, -0.15) is 0 Å². The van der Waals surface area contributed by atoms with Crippen LogP contribution in [-0.2, 0) is 11.3 Å². The van der Waals surface area contributed by atoms with Crippen LogP contribution < -0.4 is 0 Å². The van der Waals surface area contributed by atoms with Crippen molar-refractivity contribution < 1.29 is 9.90 Å². The number of benzene rings is 1. The molecule has 0 amide bonds. The Kier molecular flexibility index (Phi) is 4.27. The third-order valence-electron chi connectivity index (χ3n) is 3.74. The van der Waals surface area contributed by atoms with Gasteiger partial charge in [0.15, 0.2) is 5.82 Å². The fourth-order valence-corrected chi connectivity index (χ4v) is 2.08. The van der Waals surface area contributed by atoms with Crippen molar-refractivity contribution in [3.8, 4) is 11.4 Å². The van der Waals surface area contributed by atoms with E-state index in [1.165, 1.54) is 4.68 Å². The fraction of sp³-hybridized carbons (Fsp3) is 0.429. The maximum absolute atomic E-state index is 11.4. The Labute approximate surface area is 127 Å². The minimum absolute atomic E-state index is 0.211. The second-order valence-corrected chi connectivity index (χ2v) is 5.75. The molecule has 0 aliphatic heterocycles. The topological polar surface area (TPSA) is 80.9 Å². The molecule has 0 aliphatic carbocycles. The van der Waals surface area contributed by atoms with E-state index in [-0.39, 0.29) is 6.54 Å². The molecule has 0 saturated heterocycles. The van der Waals surface area contributed by atoms with Crippen molar-refractivity contribution in [2.75, 3.05) is 0 Å². The summed E-state index contributed by atoms with van der Waals surface area (Å²) in [4.78, 5) is 11.4. The Bertz CT molecular complexity index is 671. The van der Waals surface area contributed by atoms with Gasteiger partial charge in [-0.3, -0.25) is 4.79 Å². The number of carbonyl (C=O) groups is 1. The number of carboxylic acid groups (broad SMARTS) is 1. The van der Waals surface area contributed by atoms with Crippen LogP contribution >= 0.6 is 11.6 Å². The lowest BCUT2D eigenvalue weighted by molar-refractivity contribution is -0.149. The minimum Gasteiger partial charge on any atom is -0.481 e. The standard InChI is InChI=1S/C14H17ClN4O2/c1-4-14(3,13(20)21)8-19-12(16-17-18-19)10-5-6-11(15)9(2)7-10/h5-7H,4,8H2,1-3H3,(H,20,21). The Morgan fingerprint density at radius 1 is 1.48 bits per heavy atom. The molecular formula is C14H17ClN4O2.